The largest absolute Gasteiger partial charge is 0.502 e. The van der Waals surface area contributed by atoms with Gasteiger partial charge in [-0.3, -0.25) is 19.7 Å². The minimum absolute atomic E-state index is 0.187. The second-order valence-corrected chi connectivity index (χ2v) is 3.92. The molecule has 0 heterocycles. The van der Waals surface area contributed by atoms with Crippen molar-refractivity contribution >= 4 is 17.5 Å². The summed E-state index contributed by atoms with van der Waals surface area (Å²) in [5.74, 6) is -1.71. The molecule has 1 aromatic carbocycles. The highest BCUT2D eigenvalue weighted by atomic mass is 16.6. The Labute approximate surface area is 115 Å². The molecule has 0 radical (unpaired) electrons. The molecule has 1 aromatic rings. The van der Waals surface area contributed by atoms with Gasteiger partial charge in [0, 0.05) is 19.7 Å². The predicted octanol–water partition coefficient (Wildman–Crippen LogP) is 0.508. The maximum atomic E-state index is 12.2. The fraction of sp³-hybridized carbons (Fsp3) is 0.333. The van der Waals surface area contributed by atoms with Gasteiger partial charge in [0.2, 0.25) is 11.7 Å². The lowest BCUT2D eigenvalue weighted by molar-refractivity contribution is -0.385. The zero-order chi connectivity index (χ0) is 15.3. The van der Waals surface area contributed by atoms with Crippen LogP contribution < -0.4 is 5.32 Å². The Hall–Kier alpha value is -2.64. The van der Waals surface area contributed by atoms with Crippen molar-refractivity contribution in [2.45, 2.75) is 6.92 Å². The standard InChI is InChI=1S/C12H15N3O5/c1-3-14(7-10(16)13-2)12(18)8-5-4-6-9(11(8)17)15(19)20/h4-6,17H,3,7H2,1-2H3,(H,13,16). The SMILES string of the molecule is CCN(CC(=O)NC)C(=O)c1cccc([N+](=O)[O-])c1O. The molecule has 1 rings (SSSR count). The highest BCUT2D eigenvalue weighted by Crippen LogP contribution is 2.30. The third-order valence-electron chi connectivity index (χ3n) is 2.72. The van der Waals surface area contributed by atoms with Gasteiger partial charge < -0.3 is 15.3 Å². The van der Waals surface area contributed by atoms with Crippen molar-refractivity contribution in [3.63, 3.8) is 0 Å². The van der Waals surface area contributed by atoms with Gasteiger partial charge in [-0.2, -0.15) is 0 Å². The van der Waals surface area contributed by atoms with Crippen LogP contribution in [0.4, 0.5) is 5.69 Å². The number of nitrogens with one attached hydrogen (secondary N) is 1. The van der Waals surface area contributed by atoms with E-state index in [0.717, 1.165) is 6.07 Å². The van der Waals surface area contributed by atoms with Crippen LogP contribution in [0.25, 0.3) is 0 Å². The number of carbonyl (C=O) groups excluding carboxylic acids is 2. The lowest BCUT2D eigenvalue weighted by atomic mass is 10.1. The molecule has 0 aliphatic carbocycles. The fourth-order valence-electron chi connectivity index (χ4n) is 1.60. The van der Waals surface area contributed by atoms with Crippen molar-refractivity contribution in [3.8, 4) is 5.75 Å². The molecule has 8 heteroatoms. The van der Waals surface area contributed by atoms with Crippen LogP contribution in [0.5, 0.6) is 5.75 Å². The average Bonchev–Trinajstić information content (AvgIpc) is 2.43. The van der Waals surface area contributed by atoms with Gasteiger partial charge in [0.1, 0.15) is 0 Å². The van der Waals surface area contributed by atoms with E-state index < -0.39 is 22.3 Å². The summed E-state index contributed by atoms with van der Waals surface area (Å²) >= 11 is 0. The summed E-state index contributed by atoms with van der Waals surface area (Å²) < 4.78 is 0. The zero-order valence-corrected chi connectivity index (χ0v) is 11.1. The summed E-state index contributed by atoms with van der Waals surface area (Å²) in [6.45, 7) is 1.71. The number of hydrogen-bond acceptors (Lipinski definition) is 5. The minimum Gasteiger partial charge on any atom is -0.502 e. The van der Waals surface area contributed by atoms with Crippen LogP contribution in [0.2, 0.25) is 0 Å². The molecule has 0 saturated heterocycles. The Morgan fingerprint density at radius 3 is 2.60 bits per heavy atom. The van der Waals surface area contributed by atoms with Crippen molar-refractivity contribution in [1.29, 1.82) is 0 Å². The van der Waals surface area contributed by atoms with Gasteiger partial charge in [0.15, 0.2) is 0 Å². The molecule has 0 atom stereocenters. The molecule has 0 bridgehead atoms. The molecule has 20 heavy (non-hydrogen) atoms. The molecular formula is C12H15N3O5. The van der Waals surface area contributed by atoms with E-state index in [1.807, 2.05) is 0 Å². The first kappa shape index (κ1) is 15.4. The second-order valence-electron chi connectivity index (χ2n) is 3.92. The molecule has 0 aliphatic heterocycles. The lowest BCUT2D eigenvalue weighted by Gasteiger charge is -2.20. The maximum absolute atomic E-state index is 12.2. The number of phenols is 1. The molecule has 0 saturated carbocycles. The lowest BCUT2D eigenvalue weighted by Crippen LogP contribution is -2.39. The number of nitrogens with zero attached hydrogens (tertiary/aromatic N) is 2. The van der Waals surface area contributed by atoms with E-state index in [1.165, 1.54) is 24.1 Å². The van der Waals surface area contributed by atoms with Gasteiger partial charge in [-0.25, -0.2) is 0 Å². The van der Waals surface area contributed by atoms with E-state index in [4.69, 9.17) is 0 Å². The third kappa shape index (κ3) is 3.22. The van der Waals surface area contributed by atoms with Gasteiger partial charge in [0.25, 0.3) is 5.91 Å². The van der Waals surface area contributed by atoms with Gasteiger partial charge in [-0.15, -0.1) is 0 Å². The van der Waals surface area contributed by atoms with E-state index in [-0.39, 0.29) is 24.6 Å². The number of carbonyl (C=O) groups is 2. The van der Waals surface area contributed by atoms with Crippen molar-refractivity contribution in [1.82, 2.24) is 10.2 Å². The zero-order valence-electron chi connectivity index (χ0n) is 11.1. The van der Waals surface area contributed by atoms with E-state index in [9.17, 15) is 24.8 Å². The number of phenolic OH excluding ortho intramolecular Hbond substituents is 1. The van der Waals surface area contributed by atoms with Gasteiger partial charge in [0.05, 0.1) is 17.0 Å². The summed E-state index contributed by atoms with van der Waals surface area (Å²) in [5.41, 5.74) is -0.753. The molecule has 0 aromatic heterocycles. The van der Waals surface area contributed by atoms with Crippen LogP contribution in [-0.2, 0) is 4.79 Å². The number of nitro benzene ring substituents is 1. The topological polar surface area (TPSA) is 113 Å². The Bertz CT molecular complexity index is 544. The van der Waals surface area contributed by atoms with E-state index in [0.29, 0.717) is 0 Å². The number of rotatable bonds is 5. The van der Waals surface area contributed by atoms with Crippen LogP contribution >= 0.6 is 0 Å². The number of likely N-dealkylation sites (N-methyl/N-ethyl adjacent to an activating group) is 2. The van der Waals surface area contributed by atoms with Crippen LogP contribution in [0.15, 0.2) is 18.2 Å². The summed E-state index contributed by atoms with van der Waals surface area (Å²) in [5, 5.41) is 22.9. The first-order valence-corrected chi connectivity index (χ1v) is 5.88. The van der Waals surface area contributed by atoms with Gasteiger partial charge >= 0.3 is 5.69 Å². The van der Waals surface area contributed by atoms with Crippen molar-refractivity contribution in [2.75, 3.05) is 20.1 Å². The van der Waals surface area contributed by atoms with E-state index in [1.54, 1.807) is 6.92 Å². The van der Waals surface area contributed by atoms with Gasteiger partial charge in [-0.1, -0.05) is 6.07 Å². The molecule has 0 unspecified atom stereocenters. The highest BCUT2D eigenvalue weighted by Gasteiger charge is 2.24. The fourth-order valence-corrected chi connectivity index (χ4v) is 1.60. The number of hydrogen-bond donors (Lipinski definition) is 2. The summed E-state index contributed by atoms with van der Waals surface area (Å²) in [7, 11) is 1.44. The molecule has 8 nitrogen and oxygen atoms in total. The van der Waals surface area contributed by atoms with Gasteiger partial charge in [-0.05, 0) is 13.0 Å². The van der Waals surface area contributed by atoms with Crippen LogP contribution in [0, 0.1) is 10.1 Å². The Kier molecular flexibility index (Phi) is 5.01. The van der Waals surface area contributed by atoms with Crippen LogP contribution in [-0.4, -0.2) is 46.9 Å². The van der Waals surface area contributed by atoms with Crippen LogP contribution in [0.3, 0.4) is 0 Å². The highest BCUT2D eigenvalue weighted by molar-refractivity contribution is 5.99. The summed E-state index contributed by atoms with van der Waals surface area (Å²) in [6.07, 6.45) is 0. The van der Waals surface area contributed by atoms with Crippen molar-refractivity contribution < 1.29 is 19.6 Å². The molecule has 0 aliphatic rings. The normalized spacial score (nSPS) is 9.90. The summed E-state index contributed by atoms with van der Waals surface area (Å²) in [6, 6.07) is 3.68. The van der Waals surface area contributed by atoms with Crippen molar-refractivity contribution in [3.05, 3.63) is 33.9 Å². The second kappa shape index (κ2) is 6.50. The van der Waals surface area contributed by atoms with Crippen molar-refractivity contribution in [2.24, 2.45) is 0 Å². The third-order valence-corrected chi connectivity index (χ3v) is 2.72. The first-order valence-electron chi connectivity index (χ1n) is 5.88. The smallest absolute Gasteiger partial charge is 0.311 e. The number of benzene rings is 1. The molecule has 0 spiro atoms. The van der Waals surface area contributed by atoms with E-state index >= 15 is 0 Å². The number of amides is 2. The first-order chi connectivity index (χ1) is 9.42. The Morgan fingerprint density at radius 1 is 1.45 bits per heavy atom. The predicted molar refractivity (Wildman–Crippen MR) is 70.4 cm³/mol. The maximum Gasteiger partial charge on any atom is 0.311 e. The quantitative estimate of drug-likeness (QED) is 0.603. The number of aromatic hydroxyl groups is 1. The number of nitro groups is 1. The molecule has 2 N–H and O–H groups in total. The van der Waals surface area contributed by atoms with Crippen LogP contribution in [0.1, 0.15) is 17.3 Å². The minimum atomic E-state index is -0.777. The molecule has 108 valence electrons. The monoisotopic (exact) mass is 281 g/mol. The Balaban J connectivity index is 3.10. The summed E-state index contributed by atoms with van der Waals surface area (Å²) in [4.78, 5) is 34.6. The number of para-hydroxylation sites is 1. The molecule has 0 fully saturated rings. The van der Waals surface area contributed by atoms with E-state index in [2.05, 4.69) is 5.32 Å². The molecular weight excluding hydrogens is 266 g/mol. The Morgan fingerprint density at radius 2 is 2.10 bits per heavy atom. The average molecular weight is 281 g/mol. The molecule has 2 amide bonds.